The molecule has 0 saturated heterocycles. The first kappa shape index (κ1) is 20.1. The Morgan fingerprint density at radius 1 is 1.26 bits per heavy atom. The van der Waals surface area contributed by atoms with Crippen LogP contribution in [0.2, 0.25) is 0 Å². The van der Waals surface area contributed by atoms with Gasteiger partial charge >= 0.3 is 0 Å². The molecule has 2 heterocycles. The maximum Gasteiger partial charge on any atom is 0.261 e. The second-order valence-electron chi connectivity index (χ2n) is 7.47. The van der Waals surface area contributed by atoms with Crippen LogP contribution in [-0.2, 0) is 11.3 Å². The summed E-state index contributed by atoms with van der Waals surface area (Å²) >= 11 is 0. The van der Waals surface area contributed by atoms with Crippen LogP contribution in [0.25, 0.3) is 11.1 Å². The smallest absolute Gasteiger partial charge is 0.261 e. The van der Waals surface area contributed by atoms with Crippen molar-refractivity contribution >= 4 is 17.5 Å². The van der Waals surface area contributed by atoms with E-state index < -0.39 is 5.91 Å². The molecule has 1 aromatic carbocycles. The molecule has 0 unspecified atom stereocenters. The Labute approximate surface area is 179 Å². The number of carbonyl (C=O) groups excluding carboxylic acids is 1. The van der Waals surface area contributed by atoms with Crippen LogP contribution in [0.5, 0.6) is 0 Å². The van der Waals surface area contributed by atoms with Gasteiger partial charge in [0.15, 0.2) is 0 Å². The Morgan fingerprint density at radius 3 is 2.77 bits per heavy atom. The molecule has 1 aliphatic carbocycles. The molecular formula is C22H22N8O. The molecule has 2 aromatic heterocycles. The minimum Gasteiger partial charge on any atom is -0.383 e. The van der Waals surface area contributed by atoms with Gasteiger partial charge in [-0.1, -0.05) is 36.9 Å². The van der Waals surface area contributed by atoms with Gasteiger partial charge in [0.25, 0.3) is 5.91 Å². The van der Waals surface area contributed by atoms with Crippen LogP contribution >= 0.6 is 0 Å². The largest absolute Gasteiger partial charge is 0.383 e. The summed E-state index contributed by atoms with van der Waals surface area (Å²) < 4.78 is 1.85. The predicted octanol–water partition coefficient (Wildman–Crippen LogP) is 2.11. The van der Waals surface area contributed by atoms with E-state index in [0.717, 1.165) is 11.1 Å². The van der Waals surface area contributed by atoms with Gasteiger partial charge in [0, 0.05) is 23.8 Å². The van der Waals surface area contributed by atoms with E-state index in [9.17, 15) is 4.79 Å². The predicted molar refractivity (Wildman–Crippen MR) is 117 cm³/mol. The van der Waals surface area contributed by atoms with Crippen molar-refractivity contribution in [2.75, 3.05) is 11.1 Å². The quantitative estimate of drug-likeness (QED) is 0.398. The summed E-state index contributed by atoms with van der Waals surface area (Å²) in [6, 6.07) is 11.9. The van der Waals surface area contributed by atoms with Gasteiger partial charge in [-0.3, -0.25) is 9.48 Å². The van der Waals surface area contributed by atoms with Gasteiger partial charge in [0.2, 0.25) is 0 Å². The van der Waals surface area contributed by atoms with Crippen molar-refractivity contribution in [3.63, 3.8) is 0 Å². The van der Waals surface area contributed by atoms with E-state index in [-0.39, 0.29) is 17.7 Å². The molecule has 0 bridgehead atoms. The zero-order chi connectivity index (χ0) is 21.8. The van der Waals surface area contributed by atoms with Crippen molar-refractivity contribution < 1.29 is 4.79 Å². The summed E-state index contributed by atoms with van der Waals surface area (Å²) in [6.45, 7) is 4.07. The molecule has 9 heteroatoms. The van der Waals surface area contributed by atoms with Gasteiger partial charge in [-0.25, -0.2) is 9.97 Å². The summed E-state index contributed by atoms with van der Waals surface area (Å²) in [5, 5.41) is 19.4. The highest BCUT2D eigenvalue weighted by molar-refractivity contribution is 5.96. The molecule has 4 N–H and O–H groups in total. The van der Waals surface area contributed by atoms with Crippen LogP contribution in [0.15, 0.2) is 61.2 Å². The van der Waals surface area contributed by atoms with Crippen molar-refractivity contribution in [2.24, 2.45) is 0 Å². The second kappa shape index (κ2) is 8.67. The van der Waals surface area contributed by atoms with Crippen molar-refractivity contribution in [3.8, 4) is 17.2 Å². The van der Waals surface area contributed by atoms with Gasteiger partial charge in [-0.05, 0) is 18.4 Å². The Bertz CT molecular complexity index is 1140. The first-order chi connectivity index (χ1) is 15.0. The molecule has 1 aliphatic rings. The third-order valence-electron chi connectivity index (χ3n) is 5.21. The molecule has 4 rings (SSSR count). The van der Waals surface area contributed by atoms with Gasteiger partial charge in [-0.2, -0.15) is 10.4 Å². The average Bonchev–Trinajstić information content (AvgIpc) is 3.20. The number of nitrogen functional groups attached to an aromatic ring is 1. The second-order valence-corrected chi connectivity index (χ2v) is 7.47. The van der Waals surface area contributed by atoms with Crippen molar-refractivity contribution in [2.45, 2.75) is 31.5 Å². The topological polar surface area (TPSA) is 135 Å². The summed E-state index contributed by atoms with van der Waals surface area (Å²) in [4.78, 5) is 20.3. The minimum atomic E-state index is -0.427. The number of nitrogens with two attached hydrogens (primary N) is 1. The van der Waals surface area contributed by atoms with Crippen LogP contribution in [0.3, 0.4) is 0 Å². The molecule has 1 fully saturated rings. The molecule has 156 valence electrons. The van der Waals surface area contributed by atoms with Crippen molar-refractivity contribution in [1.29, 1.82) is 5.26 Å². The van der Waals surface area contributed by atoms with Crippen LogP contribution in [0.1, 0.15) is 18.4 Å². The van der Waals surface area contributed by atoms with E-state index in [0.29, 0.717) is 36.6 Å². The number of benzene rings is 1. The zero-order valence-electron chi connectivity index (χ0n) is 16.8. The lowest BCUT2D eigenvalue weighted by molar-refractivity contribution is -0.118. The first-order valence-corrected chi connectivity index (χ1v) is 9.87. The summed E-state index contributed by atoms with van der Waals surface area (Å²) in [5.74, 6) is 0.568. The van der Waals surface area contributed by atoms with Crippen molar-refractivity contribution in [3.05, 3.63) is 66.8 Å². The zero-order valence-corrected chi connectivity index (χ0v) is 16.8. The summed E-state index contributed by atoms with van der Waals surface area (Å²) in [6.07, 6.45) is 6.51. The number of nitriles is 1. The monoisotopic (exact) mass is 414 g/mol. The van der Waals surface area contributed by atoms with E-state index in [1.807, 2.05) is 41.2 Å². The van der Waals surface area contributed by atoms with E-state index in [1.54, 1.807) is 12.3 Å². The SMILES string of the molecule is C=C(C#N)C(=O)N[C@H]1C[C@@H](Nc2ncnc(N)c2-c2cnn(Cc3ccccc3)c2)C1. The highest BCUT2D eigenvalue weighted by Gasteiger charge is 2.31. The van der Waals surface area contributed by atoms with Crippen LogP contribution in [0, 0.1) is 11.3 Å². The Balaban J connectivity index is 1.44. The first-order valence-electron chi connectivity index (χ1n) is 9.87. The molecule has 0 spiro atoms. The number of aromatic nitrogens is 4. The number of rotatable bonds is 7. The number of nitrogens with one attached hydrogen (secondary N) is 2. The lowest BCUT2D eigenvalue weighted by Crippen LogP contribution is -2.50. The highest BCUT2D eigenvalue weighted by atomic mass is 16.1. The standard InChI is InChI=1S/C22H22N8O/c1-14(9-23)22(31)29-18-7-17(8-18)28-21-19(20(24)25-13-26-21)16-10-27-30(12-16)11-15-5-3-2-4-6-15/h2-6,10,12-13,17-18H,1,7-8,11H2,(H,29,31)(H3,24,25,26,28)/t17-,18+. The molecular weight excluding hydrogens is 392 g/mol. The van der Waals surface area contributed by atoms with Gasteiger partial charge < -0.3 is 16.4 Å². The maximum atomic E-state index is 11.8. The van der Waals surface area contributed by atoms with Crippen LogP contribution in [0.4, 0.5) is 11.6 Å². The van der Waals surface area contributed by atoms with Gasteiger partial charge in [0.05, 0.1) is 18.3 Å². The Morgan fingerprint density at radius 2 is 2.03 bits per heavy atom. The minimum absolute atomic E-state index is 0.00800. The summed E-state index contributed by atoms with van der Waals surface area (Å²) in [7, 11) is 0. The fraction of sp³-hybridized carbons (Fsp3) is 0.227. The summed E-state index contributed by atoms with van der Waals surface area (Å²) in [5.41, 5.74) is 8.75. The lowest BCUT2D eigenvalue weighted by Gasteiger charge is -2.36. The Hall–Kier alpha value is -4.19. The number of amides is 1. The number of carbonyl (C=O) groups is 1. The fourth-order valence-electron chi connectivity index (χ4n) is 3.51. The van der Waals surface area contributed by atoms with Gasteiger partial charge in [-0.15, -0.1) is 0 Å². The molecule has 1 amide bonds. The van der Waals surface area contributed by atoms with Crippen LogP contribution in [-0.4, -0.2) is 37.7 Å². The van der Waals surface area contributed by atoms with E-state index in [4.69, 9.17) is 11.0 Å². The van der Waals surface area contributed by atoms with Crippen LogP contribution < -0.4 is 16.4 Å². The molecule has 31 heavy (non-hydrogen) atoms. The molecule has 9 nitrogen and oxygen atoms in total. The number of nitrogens with zero attached hydrogens (tertiary/aromatic N) is 5. The molecule has 0 aliphatic heterocycles. The van der Waals surface area contributed by atoms with Gasteiger partial charge in [0.1, 0.15) is 29.6 Å². The molecule has 0 radical (unpaired) electrons. The maximum absolute atomic E-state index is 11.8. The third-order valence-corrected chi connectivity index (χ3v) is 5.21. The van der Waals surface area contributed by atoms with E-state index >= 15 is 0 Å². The van der Waals surface area contributed by atoms with E-state index in [2.05, 4.69) is 32.3 Å². The molecule has 3 aromatic rings. The number of hydrogen-bond acceptors (Lipinski definition) is 7. The Kier molecular flexibility index (Phi) is 5.62. The van der Waals surface area contributed by atoms with E-state index in [1.165, 1.54) is 6.33 Å². The third kappa shape index (κ3) is 4.53. The lowest BCUT2D eigenvalue weighted by atomic mass is 9.86. The highest BCUT2D eigenvalue weighted by Crippen LogP contribution is 2.33. The van der Waals surface area contributed by atoms with Crippen molar-refractivity contribution in [1.82, 2.24) is 25.1 Å². The molecule has 1 saturated carbocycles. The number of anilines is 2. The normalized spacial score (nSPS) is 17.3. The molecule has 0 atom stereocenters. The average molecular weight is 414 g/mol. The fourth-order valence-corrected chi connectivity index (χ4v) is 3.51. The number of hydrogen-bond donors (Lipinski definition) is 3.